The molecule has 0 aliphatic heterocycles. The zero-order chi connectivity index (χ0) is 13.5. The van der Waals surface area contributed by atoms with E-state index in [1.165, 1.54) is 10.4 Å². The van der Waals surface area contributed by atoms with Gasteiger partial charge in [0.1, 0.15) is 5.75 Å². The van der Waals surface area contributed by atoms with Gasteiger partial charge in [0.2, 0.25) is 0 Å². The number of benzene rings is 1. The summed E-state index contributed by atoms with van der Waals surface area (Å²) in [6.45, 7) is 3.23. The number of hydrogen-bond acceptors (Lipinski definition) is 3. The normalized spacial score (nSPS) is 12.3. The van der Waals surface area contributed by atoms with Crippen molar-refractivity contribution < 1.29 is 4.74 Å². The molecule has 0 amide bonds. The Hall–Kier alpha value is -1.32. The lowest BCUT2D eigenvalue weighted by Gasteiger charge is -2.15. The van der Waals surface area contributed by atoms with Gasteiger partial charge in [-0.1, -0.05) is 25.1 Å². The van der Waals surface area contributed by atoms with Crippen LogP contribution < -0.4 is 10.1 Å². The first-order chi connectivity index (χ1) is 9.33. The summed E-state index contributed by atoms with van der Waals surface area (Å²) in [7, 11) is 1.70. The molecule has 0 spiro atoms. The summed E-state index contributed by atoms with van der Waals surface area (Å²) in [5.41, 5.74) is 1.34. The average molecular weight is 275 g/mol. The minimum atomic E-state index is 0.484. The van der Waals surface area contributed by atoms with Gasteiger partial charge in [-0.05, 0) is 48.5 Å². The second-order valence-electron chi connectivity index (χ2n) is 4.53. The van der Waals surface area contributed by atoms with Gasteiger partial charge < -0.3 is 10.1 Å². The van der Waals surface area contributed by atoms with E-state index in [0.717, 1.165) is 25.1 Å². The summed E-state index contributed by atoms with van der Waals surface area (Å²) in [6, 6.07) is 13.1. The van der Waals surface area contributed by atoms with Crippen molar-refractivity contribution in [3.8, 4) is 5.75 Å². The summed E-state index contributed by atoms with van der Waals surface area (Å²) < 4.78 is 5.16. The summed E-state index contributed by atoms with van der Waals surface area (Å²) in [4.78, 5) is 1.43. The highest BCUT2D eigenvalue weighted by atomic mass is 32.1. The molecule has 2 rings (SSSR count). The Morgan fingerprint density at radius 2 is 2.00 bits per heavy atom. The van der Waals surface area contributed by atoms with E-state index in [1.54, 1.807) is 7.11 Å². The second-order valence-corrected chi connectivity index (χ2v) is 5.51. The van der Waals surface area contributed by atoms with Gasteiger partial charge in [0, 0.05) is 10.9 Å². The topological polar surface area (TPSA) is 21.3 Å². The van der Waals surface area contributed by atoms with E-state index in [-0.39, 0.29) is 0 Å². The van der Waals surface area contributed by atoms with E-state index in [1.807, 2.05) is 23.5 Å². The van der Waals surface area contributed by atoms with Crippen LogP contribution in [0.15, 0.2) is 41.8 Å². The Morgan fingerprint density at radius 3 is 2.58 bits per heavy atom. The Balaban J connectivity index is 1.81. The van der Waals surface area contributed by atoms with Crippen molar-refractivity contribution in [1.82, 2.24) is 5.32 Å². The molecule has 1 aromatic carbocycles. The molecule has 0 aliphatic carbocycles. The van der Waals surface area contributed by atoms with Gasteiger partial charge in [-0.25, -0.2) is 0 Å². The van der Waals surface area contributed by atoms with Crippen LogP contribution in [0.3, 0.4) is 0 Å². The first kappa shape index (κ1) is 14.1. The molecule has 19 heavy (non-hydrogen) atoms. The molecule has 102 valence electrons. The Kier molecular flexibility index (Phi) is 5.43. The summed E-state index contributed by atoms with van der Waals surface area (Å²) in [5, 5.41) is 5.77. The maximum absolute atomic E-state index is 5.16. The van der Waals surface area contributed by atoms with E-state index in [9.17, 15) is 0 Å². The smallest absolute Gasteiger partial charge is 0.118 e. The fourth-order valence-electron chi connectivity index (χ4n) is 2.12. The molecule has 0 aliphatic rings. The lowest BCUT2D eigenvalue weighted by molar-refractivity contribution is 0.414. The van der Waals surface area contributed by atoms with Crippen LogP contribution in [-0.2, 0) is 6.42 Å². The third kappa shape index (κ3) is 4.08. The Bertz CT molecular complexity index is 464. The number of methoxy groups -OCH3 is 1. The third-order valence-corrected chi connectivity index (χ3v) is 4.24. The zero-order valence-corrected chi connectivity index (χ0v) is 12.4. The van der Waals surface area contributed by atoms with Gasteiger partial charge in [0.05, 0.1) is 7.11 Å². The van der Waals surface area contributed by atoms with E-state index >= 15 is 0 Å². The highest BCUT2D eigenvalue weighted by Gasteiger charge is 2.08. The minimum Gasteiger partial charge on any atom is -0.497 e. The van der Waals surface area contributed by atoms with Crippen molar-refractivity contribution in [2.75, 3.05) is 13.7 Å². The first-order valence-electron chi connectivity index (χ1n) is 6.73. The molecule has 1 atom stereocenters. The standard InChI is InChI=1S/C16H21NOS/c1-3-15(16-5-4-12-19-16)17-11-10-13-6-8-14(18-2)9-7-13/h4-9,12,15,17H,3,10-11H2,1-2H3. The monoisotopic (exact) mass is 275 g/mol. The van der Waals surface area contributed by atoms with Crippen molar-refractivity contribution >= 4 is 11.3 Å². The Morgan fingerprint density at radius 1 is 1.21 bits per heavy atom. The molecule has 0 saturated carbocycles. The van der Waals surface area contributed by atoms with Crippen molar-refractivity contribution in [3.05, 3.63) is 52.2 Å². The van der Waals surface area contributed by atoms with Gasteiger partial charge in [-0.3, -0.25) is 0 Å². The zero-order valence-electron chi connectivity index (χ0n) is 11.6. The van der Waals surface area contributed by atoms with E-state index in [4.69, 9.17) is 4.74 Å². The van der Waals surface area contributed by atoms with Crippen LogP contribution in [0.4, 0.5) is 0 Å². The highest BCUT2D eigenvalue weighted by Crippen LogP contribution is 2.21. The highest BCUT2D eigenvalue weighted by molar-refractivity contribution is 7.10. The van der Waals surface area contributed by atoms with Crippen molar-refractivity contribution in [3.63, 3.8) is 0 Å². The molecule has 0 saturated heterocycles. The number of rotatable bonds is 7. The number of ether oxygens (including phenoxy) is 1. The molecule has 0 fully saturated rings. The van der Waals surface area contributed by atoms with Crippen molar-refractivity contribution in [2.45, 2.75) is 25.8 Å². The van der Waals surface area contributed by atoms with Crippen LogP contribution >= 0.6 is 11.3 Å². The minimum absolute atomic E-state index is 0.484. The van der Waals surface area contributed by atoms with Gasteiger partial charge in [-0.2, -0.15) is 0 Å². The maximum Gasteiger partial charge on any atom is 0.118 e. The van der Waals surface area contributed by atoms with Gasteiger partial charge in [0.15, 0.2) is 0 Å². The number of thiophene rings is 1. The second kappa shape index (κ2) is 7.31. The summed E-state index contributed by atoms with van der Waals surface area (Å²) >= 11 is 1.83. The van der Waals surface area contributed by atoms with Gasteiger partial charge in [0.25, 0.3) is 0 Å². The third-order valence-electron chi connectivity index (χ3n) is 3.26. The fraction of sp³-hybridized carbons (Fsp3) is 0.375. The average Bonchev–Trinajstić information content (AvgIpc) is 2.98. The molecule has 2 nitrogen and oxygen atoms in total. The maximum atomic E-state index is 5.16. The van der Waals surface area contributed by atoms with E-state index in [0.29, 0.717) is 6.04 Å². The van der Waals surface area contributed by atoms with E-state index < -0.39 is 0 Å². The van der Waals surface area contributed by atoms with Crippen LogP contribution in [0, 0.1) is 0 Å². The number of nitrogens with one attached hydrogen (secondary N) is 1. The predicted molar refractivity (Wildman–Crippen MR) is 82.1 cm³/mol. The molecular formula is C16H21NOS. The van der Waals surface area contributed by atoms with Crippen LogP contribution in [0.1, 0.15) is 29.8 Å². The van der Waals surface area contributed by atoms with Crippen LogP contribution in [-0.4, -0.2) is 13.7 Å². The Labute approximate surface area is 119 Å². The molecule has 1 aromatic heterocycles. The first-order valence-corrected chi connectivity index (χ1v) is 7.61. The lowest BCUT2D eigenvalue weighted by Crippen LogP contribution is -2.22. The van der Waals surface area contributed by atoms with Crippen LogP contribution in [0.5, 0.6) is 5.75 Å². The predicted octanol–water partition coefficient (Wildman–Crippen LogP) is 4.04. The van der Waals surface area contributed by atoms with Crippen LogP contribution in [0.25, 0.3) is 0 Å². The van der Waals surface area contributed by atoms with Gasteiger partial charge in [-0.15, -0.1) is 11.3 Å². The summed E-state index contributed by atoms with van der Waals surface area (Å²) in [5.74, 6) is 0.918. The van der Waals surface area contributed by atoms with Gasteiger partial charge >= 0.3 is 0 Å². The van der Waals surface area contributed by atoms with Crippen molar-refractivity contribution in [1.29, 1.82) is 0 Å². The molecule has 1 N–H and O–H groups in total. The summed E-state index contributed by atoms with van der Waals surface area (Å²) in [6.07, 6.45) is 2.18. The fourth-order valence-corrected chi connectivity index (χ4v) is 3.00. The van der Waals surface area contributed by atoms with Crippen molar-refractivity contribution in [2.24, 2.45) is 0 Å². The van der Waals surface area contributed by atoms with E-state index in [2.05, 4.69) is 41.9 Å². The molecule has 2 aromatic rings. The number of hydrogen-bond donors (Lipinski definition) is 1. The molecule has 0 bridgehead atoms. The largest absolute Gasteiger partial charge is 0.497 e. The molecule has 3 heteroatoms. The van der Waals surface area contributed by atoms with Crippen LogP contribution in [0.2, 0.25) is 0 Å². The quantitative estimate of drug-likeness (QED) is 0.823. The molecule has 1 unspecified atom stereocenters. The molecular weight excluding hydrogens is 254 g/mol. The lowest BCUT2D eigenvalue weighted by atomic mass is 10.1. The SMILES string of the molecule is CCC(NCCc1ccc(OC)cc1)c1cccs1. The molecule has 1 heterocycles. The molecule has 0 radical (unpaired) electrons.